The minimum absolute atomic E-state index is 0.158. The molecule has 74 valence electrons. The monoisotopic (exact) mass is 179 g/mol. The highest BCUT2D eigenvalue weighted by atomic mass is 15.1. The van der Waals surface area contributed by atoms with Gasteiger partial charge in [-0.1, -0.05) is 18.8 Å². The van der Waals surface area contributed by atoms with E-state index in [9.17, 15) is 0 Å². The molecule has 1 saturated heterocycles. The van der Waals surface area contributed by atoms with Crippen LogP contribution in [0.4, 0.5) is 0 Å². The first-order chi connectivity index (χ1) is 5.97. The van der Waals surface area contributed by atoms with Crippen molar-refractivity contribution in [3.05, 3.63) is 0 Å². The van der Waals surface area contributed by atoms with Gasteiger partial charge < -0.3 is 0 Å². The van der Waals surface area contributed by atoms with E-state index in [2.05, 4.69) is 44.4 Å². The van der Waals surface area contributed by atoms with Gasteiger partial charge >= 0.3 is 0 Å². The Labute approximate surface area is 82.5 Å². The summed E-state index contributed by atoms with van der Waals surface area (Å²) < 4.78 is 0. The molecule has 1 heterocycles. The first kappa shape index (κ1) is 10.6. The summed E-state index contributed by atoms with van der Waals surface area (Å²) in [4.78, 5) is 2.45. The van der Waals surface area contributed by atoms with E-state index in [1.807, 2.05) is 0 Å². The Kier molecular flexibility index (Phi) is 3.39. The van der Waals surface area contributed by atoms with E-state index in [0.717, 1.165) is 12.5 Å². The fourth-order valence-electron chi connectivity index (χ4n) is 1.59. The third-order valence-electron chi connectivity index (χ3n) is 2.27. The topological polar surface area (TPSA) is 3.24 Å². The second-order valence-electron chi connectivity index (χ2n) is 5.18. The quantitative estimate of drug-likeness (QED) is 0.559. The maximum absolute atomic E-state index is 3.27. The molecule has 0 unspecified atom stereocenters. The molecule has 0 aromatic rings. The van der Waals surface area contributed by atoms with E-state index in [1.165, 1.54) is 19.5 Å². The first-order valence-electron chi connectivity index (χ1n) is 5.20. The predicted molar refractivity (Wildman–Crippen MR) is 57.5 cm³/mol. The Morgan fingerprint density at radius 3 is 2.54 bits per heavy atom. The zero-order valence-electron chi connectivity index (χ0n) is 9.35. The molecule has 0 aromatic heterocycles. The van der Waals surface area contributed by atoms with Gasteiger partial charge in [-0.3, -0.25) is 4.90 Å². The molecular formula is C12H21N. The van der Waals surface area contributed by atoms with Gasteiger partial charge in [-0.2, -0.15) is 0 Å². The van der Waals surface area contributed by atoms with Gasteiger partial charge in [0.05, 0.1) is 6.54 Å². The van der Waals surface area contributed by atoms with Gasteiger partial charge in [-0.25, -0.2) is 0 Å². The van der Waals surface area contributed by atoms with Crippen molar-refractivity contribution < 1.29 is 0 Å². The zero-order chi connectivity index (χ0) is 9.90. The molecule has 0 bridgehead atoms. The summed E-state index contributed by atoms with van der Waals surface area (Å²) in [6, 6.07) is 0. The molecule has 0 spiro atoms. The molecule has 0 N–H and O–H groups in total. The summed E-state index contributed by atoms with van der Waals surface area (Å²) in [5, 5.41) is 0. The van der Waals surface area contributed by atoms with Crippen LogP contribution in [-0.4, -0.2) is 24.5 Å². The lowest BCUT2D eigenvalue weighted by molar-refractivity contribution is 0.369. The molecule has 0 radical (unpaired) electrons. The number of hydrogen-bond donors (Lipinski definition) is 0. The highest BCUT2D eigenvalue weighted by Crippen LogP contribution is 2.14. The van der Waals surface area contributed by atoms with Crippen molar-refractivity contribution in [3.63, 3.8) is 0 Å². The van der Waals surface area contributed by atoms with Crippen LogP contribution in [-0.2, 0) is 0 Å². The molecule has 1 aliphatic rings. The van der Waals surface area contributed by atoms with Crippen LogP contribution in [0.15, 0.2) is 0 Å². The Hall–Kier alpha value is -0.480. The van der Waals surface area contributed by atoms with Gasteiger partial charge in [0.15, 0.2) is 0 Å². The number of rotatable bonds is 1. The van der Waals surface area contributed by atoms with Crippen LogP contribution in [0.25, 0.3) is 0 Å². The van der Waals surface area contributed by atoms with Crippen molar-refractivity contribution in [2.24, 2.45) is 11.3 Å². The second kappa shape index (κ2) is 4.15. The van der Waals surface area contributed by atoms with E-state index < -0.39 is 0 Å². The van der Waals surface area contributed by atoms with Crippen LogP contribution in [0.2, 0.25) is 0 Å². The number of hydrogen-bond acceptors (Lipinski definition) is 1. The fourth-order valence-corrected chi connectivity index (χ4v) is 1.59. The van der Waals surface area contributed by atoms with Crippen LogP contribution in [0.1, 0.15) is 34.1 Å². The van der Waals surface area contributed by atoms with Gasteiger partial charge in [0, 0.05) is 12.0 Å². The van der Waals surface area contributed by atoms with Gasteiger partial charge in [0.1, 0.15) is 0 Å². The summed E-state index contributed by atoms with van der Waals surface area (Å²) in [7, 11) is 0. The lowest BCUT2D eigenvalue weighted by Gasteiger charge is -2.11. The van der Waals surface area contributed by atoms with Crippen molar-refractivity contribution >= 4 is 0 Å². The molecule has 1 fully saturated rings. The van der Waals surface area contributed by atoms with Crippen LogP contribution in [0, 0.1) is 23.2 Å². The molecular weight excluding hydrogens is 158 g/mol. The normalized spacial score (nSPS) is 24.2. The van der Waals surface area contributed by atoms with Gasteiger partial charge in [-0.15, -0.1) is 0 Å². The van der Waals surface area contributed by atoms with Gasteiger partial charge in [0.25, 0.3) is 0 Å². The van der Waals surface area contributed by atoms with Crippen LogP contribution >= 0.6 is 0 Å². The highest BCUT2D eigenvalue weighted by Gasteiger charge is 2.16. The third-order valence-corrected chi connectivity index (χ3v) is 2.27. The predicted octanol–water partition coefficient (Wildman–Crippen LogP) is 2.38. The smallest absolute Gasteiger partial charge is 0.0601 e. The molecule has 1 nitrogen and oxygen atoms in total. The van der Waals surface area contributed by atoms with Crippen LogP contribution in [0.3, 0.4) is 0 Å². The largest absolute Gasteiger partial charge is 0.292 e. The maximum Gasteiger partial charge on any atom is 0.0601 e. The Morgan fingerprint density at radius 1 is 1.38 bits per heavy atom. The molecule has 1 aliphatic heterocycles. The van der Waals surface area contributed by atoms with Crippen molar-refractivity contribution in [1.29, 1.82) is 0 Å². The van der Waals surface area contributed by atoms with Crippen molar-refractivity contribution in [3.8, 4) is 11.8 Å². The standard InChI is InChI=1S/C12H21N/c1-11-6-9-13(10-11)8-5-7-12(2,3)4/h11H,6,8-10H2,1-4H3/t11-/m1/s1. The van der Waals surface area contributed by atoms with Gasteiger partial charge in [0.2, 0.25) is 0 Å². The van der Waals surface area contributed by atoms with E-state index in [-0.39, 0.29) is 5.41 Å². The van der Waals surface area contributed by atoms with Gasteiger partial charge in [-0.05, 0) is 39.7 Å². The zero-order valence-corrected chi connectivity index (χ0v) is 9.35. The molecule has 1 heteroatoms. The van der Waals surface area contributed by atoms with Crippen LogP contribution < -0.4 is 0 Å². The van der Waals surface area contributed by atoms with E-state index in [4.69, 9.17) is 0 Å². The SMILES string of the molecule is C[C@@H]1CCN(CC#CC(C)(C)C)C1. The summed E-state index contributed by atoms with van der Waals surface area (Å²) in [5.41, 5.74) is 0.158. The van der Waals surface area contributed by atoms with Crippen molar-refractivity contribution in [1.82, 2.24) is 4.90 Å². The minimum atomic E-state index is 0.158. The van der Waals surface area contributed by atoms with Crippen LogP contribution in [0.5, 0.6) is 0 Å². The molecule has 0 aliphatic carbocycles. The van der Waals surface area contributed by atoms with E-state index >= 15 is 0 Å². The second-order valence-corrected chi connectivity index (χ2v) is 5.18. The number of nitrogens with zero attached hydrogens (tertiary/aromatic N) is 1. The number of likely N-dealkylation sites (tertiary alicyclic amines) is 1. The summed E-state index contributed by atoms with van der Waals surface area (Å²) in [6.07, 6.45) is 1.34. The average molecular weight is 179 g/mol. The van der Waals surface area contributed by atoms with E-state index in [0.29, 0.717) is 0 Å². The minimum Gasteiger partial charge on any atom is -0.292 e. The molecule has 0 amide bonds. The first-order valence-corrected chi connectivity index (χ1v) is 5.20. The lowest BCUT2D eigenvalue weighted by atomic mass is 9.98. The Bertz CT molecular complexity index is 214. The summed E-state index contributed by atoms with van der Waals surface area (Å²) in [6.45, 7) is 12.2. The molecule has 1 atom stereocenters. The third kappa shape index (κ3) is 4.33. The maximum atomic E-state index is 3.27. The molecule has 13 heavy (non-hydrogen) atoms. The highest BCUT2D eigenvalue weighted by molar-refractivity contribution is 5.08. The lowest BCUT2D eigenvalue weighted by Crippen LogP contribution is -2.20. The summed E-state index contributed by atoms with van der Waals surface area (Å²) >= 11 is 0. The fraction of sp³-hybridized carbons (Fsp3) is 0.833. The molecule has 0 saturated carbocycles. The molecule has 0 aromatic carbocycles. The average Bonchev–Trinajstić information content (AvgIpc) is 2.33. The van der Waals surface area contributed by atoms with E-state index in [1.54, 1.807) is 0 Å². The van der Waals surface area contributed by atoms with Crippen molar-refractivity contribution in [2.45, 2.75) is 34.1 Å². The Balaban J connectivity index is 2.29. The molecule has 1 rings (SSSR count). The Morgan fingerprint density at radius 2 is 2.08 bits per heavy atom. The van der Waals surface area contributed by atoms with Crippen molar-refractivity contribution in [2.75, 3.05) is 19.6 Å². The summed E-state index contributed by atoms with van der Waals surface area (Å²) in [5.74, 6) is 7.41.